The van der Waals surface area contributed by atoms with Gasteiger partial charge in [0.2, 0.25) is 0 Å². The molecule has 0 bridgehead atoms. The highest BCUT2D eigenvalue weighted by Crippen LogP contribution is 2.31. The number of halogens is 2. The molecule has 3 aromatic rings. The van der Waals surface area contributed by atoms with Gasteiger partial charge in [-0.3, -0.25) is 14.4 Å². The van der Waals surface area contributed by atoms with E-state index in [0.29, 0.717) is 28.5 Å². The van der Waals surface area contributed by atoms with E-state index in [0.717, 1.165) is 10.6 Å². The molecule has 0 unspecified atom stereocenters. The van der Waals surface area contributed by atoms with Crippen LogP contribution in [0.25, 0.3) is 0 Å². The maximum atomic E-state index is 13.0. The summed E-state index contributed by atoms with van der Waals surface area (Å²) in [5.74, 6) is -1.35. The van der Waals surface area contributed by atoms with Crippen molar-refractivity contribution in [3.05, 3.63) is 100 Å². The minimum absolute atomic E-state index is 0.0323. The van der Waals surface area contributed by atoms with Gasteiger partial charge in [0, 0.05) is 28.5 Å². The lowest BCUT2D eigenvalue weighted by atomic mass is 10.1. The van der Waals surface area contributed by atoms with E-state index in [1.807, 2.05) is 37.3 Å². The molecule has 3 aromatic carbocycles. The number of carbonyl (C=O) groups excluding carboxylic acids is 3. The molecule has 0 aliphatic carbocycles. The molecule has 0 saturated heterocycles. The van der Waals surface area contributed by atoms with E-state index < -0.39 is 11.8 Å². The molecule has 1 heterocycles. The van der Waals surface area contributed by atoms with Crippen LogP contribution in [0.4, 0.5) is 17.1 Å². The van der Waals surface area contributed by atoms with Gasteiger partial charge in [-0.05, 0) is 67.6 Å². The third kappa shape index (κ3) is 4.49. The molecule has 8 heteroatoms. The number of rotatable bonds is 6. The molecule has 1 aliphatic rings. The standard InChI is InChI=1S/C25H19Cl2N3O3/c1-2-29(19-6-4-3-5-7-19)23(31)16-8-12-18(13-9-16)28-22-21(27)24(32)30(25(22)33)20-14-10-17(26)11-15-20/h3-15,28H,2H2,1H3. The third-order valence-electron chi connectivity index (χ3n) is 5.14. The van der Waals surface area contributed by atoms with Gasteiger partial charge in [-0.25, -0.2) is 4.90 Å². The van der Waals surface area contributed by atoms with Crippen LogP contribution >= 0.6 is 23.2 Å². The Balaban J connectivity index is 1.52. The molecule has 6 nitrogen and oxygen atoms in total. The number of anilines is 3. The van der Waals surface area contributed by atoms with Crippen LogP contribution in [0.1, 0.15) is 17.3 Å². The first kappa shape index (κ1) is 22.6. The van der Waals surface area contributed by atoms with Crippen molar-refractivity contribution >= 4 is 58.0 Å². The van der Waals surface area contributed by atoms with Crippen LogP contribution in [0.5, 0.6) is 0 Å². The molecule has 3 amide bonds. The first-order valence-electron chi connectivity index (χ1n) is 10.2. The largest absolute Gasteiger partial charge is 0.350 e. The average molecular weight is 480 g/mol. The summed E-state index contributed by atoms with van der Waals surface area (Å²) in [5, 5.41) is 3.18. The summed E-state index contributed by atoms with van der Waals surface area (Å²) in [5.41, 5.74) is 2.15. The molecule has 0 saturated carbocycles. The zero-order valence-corrected chi connectivity index (χ0v) is 19.1. The fourth-order valence-corrected chi connectivity index (χ4v) is 3.82. The molecule has 33 heavy (non-hydrogen) atoms. The fraction of sp³-hybridized carbons (Fsp3) is 0.0800. The summed E-state index contributed by atoms with van der Waals surface area (Å²) in [7, 11) is 0. The Morgan fingerprint density at radius 2 is 1.52 bits per heavy atom. The van der Waals surface area contributed by atoms with Gasteiger partial charge in [-0.15, -0.1) is 0 Å². The SMILES string of the molecule is CCN(C(=O)c1ccc(NC2=C(Cl)C(=O)N(c3ccc(Cl)cc3)C2=O)cc1)c1ccccc1. The maximum absolute atomic E-state index is 13.0. The summed E-state index contributed by atoms with van der Waals surface area (Å²) < 4.78 is 0. The molecule has 4 rings (SSSR count). The lowest BCUT2D eigenvalue weighted by Crippen LogP contribution is -2.32. The van der Waals surface area contributed by atoms with Crippen LogP contribution < -0.4 is 15.1 Å². The average Bonchev–Trinajstić information content (AvgIpc) is 3.04. The van der Waals surface area contributed by atoms with Gasteiger partial charge in [-0.2, -0.15) is 0 Å². The molecule has 0 atom stereocenters. The monoisotopic (exact) mass is 479 g/mol. The van der Waals surface area contributed by atoms with Crippen molar-refractivity contribution in [2.75, 3.05) is 21.7 Å². The van der Waals surface area contributed by atoms with Crippen molar-refractivity contribution < 1.29 is 14.4 Å². The number of nitrogens with zero attached hydrogens (tertiary/aromatic N) is 2. The zero-order chi connectivity index (χ0) is 23.5. The van der Waals surface area contributed by atoms with Crippen LogP contribution in [0.2, 0.25) is 5.02 Å². The van der Waals surface area contributed by atoms with E-state index in [4.69, 9.17) is 23.2 Å². The van der Waals surface area contributed by atoms with Gasteiger partial charge in [-0.1, -0.05) is 41.4 Å². The Kier molecular flexibility index (Phi) is 6.49. The van der Waals surface area contributed by atoms with Crippen molar-refractivity contribution in [2.24, 2.45) is 0 Å². The topological polar surface area (TPSA) is 69.7 Å². The summed E-state index contributed by atoms with van der Waals surface area (Å²) in [6.07, 6.45) is 0. The lowest BCUT2D eigenvalue weighted by molar-refractivity contribution is -0.120. The van der Waals surface area contributed by atoms with E-state index in [-0.39, 0.29) is 16.6 Å². The highest BCUT2D eigenvalue weighted by atomic mass is 35.5. The molecule has 0 aromatic heterocycles. The molecular weight excluding hydrogens is 461 g/mol. The maximum Gasteiger partial charge on any atom is 0.283 e. The second-order valence-electron chi connectivity index (χ2n) is 7.20. The van der Waals surface area contributed by atoms with E-state index in [2.05, 4.69) is 5.32 Å². The van der Waals surface area contributed by atoms with Crippen molar-refractivity contribution in [2.45, 2.75) is 6.92 Å². The predicted molar refractivity (Wildman–Crippen MR) is 131 cm³/mol. The van der Waals surface area contributed by atoms with Gasteiger partial charge < -0.3 is 10.2 Å². The predicted octanol–water partition coefficient (Wildman–Crippen LogP) is 5.44. The van der Waals surface area contributed by atoms with Crippen molar-refractivity contribution in [1.29, 1.82) is 0 Å². The van der Waals surface area contributed by atoms with Crippen LogP contribution in [0.3, 0.4) is 0 Å². The molecule has 0 fully saturated rings. The van der Waals surface area contributed by atoms with Crippen LogP contribution in [0, 0.1) is 0 Å². The molecule has 1 N–H and O–H groups in total. The number of carbonyl (C=O) groups is 3. The zero-order valence-electron chi connectivity index (χ0n) is 17.6. The second-order valence-corrected chi connectivity index (χ2v) is 8.01. The smallest absolute Gasteiger partial charge is 0.283 e. The Labute approximate surface area is 201 Å². The number of para-hydroxylation sites is 1. The minimum atomic E-state index is -0.625. The summed E-state index contributed by atoms with van der Waals surface area (Å²) in [4.78, 5) is 41.1. The molecular formula is C25H19Cl2N3O3. The van der Waals surface area contributed by atoms with Crippen LogP contribution in [-0.2, 0) is 9.59 Å². The summed E-state index contributed by atoms with van der Waals surface area (Å²) in [6.45, 7) is 2.42. The van der Waals surface area contributed by atoms with Crippen LogP contribution in [-0.4, -0.2) is 24.3 Å². The second kappa shape index (κ2) is 9.48. The summed E-state index contributed by atoms with van der Waals surface area (Å²) >= 11 is 12.1. The quantitative estimate of drug-likeness (QED) is 0.477. The van der Waals surface area contributed by atoms with Gasteiger partial charge in [0.25, 0.3) is 17.7 Å². The van der Waals surface area contributed by atoms with E-state index in [1.165, 1.54) is 0 Å². The van der Waals surface area contributed by atoms with Gasteiger partial charge in [0.1, 0.15) is 10.7 Å². The molecule has 0 spiro atoms. The highest BCUT2D eigenvalue weighted by Gasteiger charge is 2.38. The number of hydrogen-bond donors (Lipinski definition) is 1. The lowest BCUT2D eigenvalue weighted by Gasteiger charge is -2.21. The van der Waals surface area contributed by atoms with Crippen molar-refractivity contribution in [3.63, 3.8) is 0 Å². The number of amides is 3. The highest BCUT2D eigenvalue weighted by molar-refractivity contribution is 6.53. The normalized spacial score (nSPS) is 13.5. The number of imide groups is 1. The number of nitrogens with one attached hydrogen (secondary N) is 1. The third-order valence-corrected chi connectivity index (χ3v) is 5.75. The first-order chi connectivity index (χ1) is 15.9. The Morgan fingerprint density at radius 3 is 2.12 bits per heavy atom. The first-order valence-corrected chi connectivity index (χ1v) is 10.9. The van der Waals surface area contributed by atoms with Gasteiger partial charge >= 0.3 is 0 Å². The number of benzene rings is 3. The molecule has 0 radical (unpaired) electrons. The van der Waals surface area contributed by atoms with Crippen molar-refractivity contribution in [1.82, 2.24) is 0 Å². The number of hydrogen-bond acceptors (Lipinski definition) is 4. The van der Waals surface area contributed by atoms with E-state index in [1.54, 1.807) is 53.4 Å². The van der Waals surface area contributed by atoms with Crippen LogP contribution in [0.15, 0.2) is 89.6 Å². The van der Waals surface area contributed by atoms with E-state index >= 15 is 0 Å². The Morgan fingerprint density at radius 1 is 0.879 bits per heavy atom. The minimum Gasteiger partial charge on any atom is -0.350 e. The van der Waals surface area contributed by atoms with E-state index in [9.17, 15) is 14.4 Å². The van der Waals surface area contributed by atoms with Gasteiger partial charge in [0.05, 0.1) is 5.69 Å². The van der Waals surface area contributed by atoms with Crippen molar-refractivity contribution in [3.8, 4) is 0 Å². The van der Waals surface area contributed by atoms with Gasteiger partial charge in [0.15, 0.2) is 0 Å². The molecule has 166 valence electrons. The Hall–Kier alpha value is -3.61. The summed E-state index contributed by atoms with van der Waals surface area (Å²) in [6, 6.07) is 22.3. The Bertz CT molecular complexity index is 1240. The fourth-order valence-electron chi connectivity index (χ4n) is 3.48. The molecule has 1 aliphatic heterocycles.